The summed E-state index contributed by atoms with van der Waals surface area (Å²) in [4.78, 5) is 12.9. The van der Waals surface area contributed by atoms with Gasteiger partial charge in [-0.2, -0.15) is 0 Å². The molecule has 0 bridgehead atoms. The summed E-state index contributed by atoms with van der Waals surface area (Å²) in [5, 5.41) is 0.940. The molecule has 2 nitrogen and oxygen atoms in total. The van der Waals surface area contributed by atoms with Crippen LogP contribution in [-0.2, 0) is 0 Å². The molecule has 0 N–H and O–H groups in total. The number of furan rings is 1. The van der Waals surface area contributed by atoms with Gasteiger partial charge in [0, 0.05) is 9.86 Å². The van der Waals surface area contributed by atoms with Gasteiger partial charge >= 0.3 is 0 Å². The van der Waals surface area contributed by atoms with Gasteiger partial charge in [-0.1, -0.05) is 18.2 Å². The molecule has 0 radical (unpaired) electrons. The molecule has 0 spiro atoms. The topological polar surface area (TPSA) is 30.2 Å². The minimum Gasteiger partial charge on any atom is -0.453 e. The lowest BCUT2D eigenvalue weighted by molar-refractivity contribution is 0.101. The monoisotopic (exact) mass is 384 g/mol. The summed E-state index contributed by atoms with van der Waals surface area (Å²) in [5.41, 5.74) is 0.732. The van der Waals surface area contributed by atoms with Crippen molar-refractivity contribution in [2.24, 2.45) is 0 Å². The lowest BCUT2D eigenvalue weighted by atomic mass is 10.2. The number of hydrogen-bond acceptors (Lipinski definition) is 3. The Morgan fingerprint density at radius 3 is 2.61 bits per heavy atom. The maximum Gasteiger partial charge on any atom is 0.238 e. The van der Waals surface area contributed by atoms with Crippen molar-refractivity contribution in [2.75, 3.05) is 0 Å². The van der Waals surface area contributed by atoms with Crippen LogP contribution in [0.2, 0.25) is 0 Å². The number of para-hydroxylation sites is 1. The van der Waals surface area contributed by atoms with E-state index in [4.69, 9.17) is 4.42 Å². The molecule has 2 heterocycles. The second-order valence-electron chi connectivity index (χ2n) is 3.71. The summed E-state index contributed by atoms with van der Waals surface area (Å²) in [7, 11) is 0. The fraction of sp³-hybridized carbons (Fsp3) is 0. The quantitative estimate of drug-likeness (QED) is 0.564. The molecule has 0 atom stereocenters. The van der Waals surface area contributed by atoms with Crippen LogP contribution in [0.4, 0.5) is 0 Å². The van der Waals surface area contributed by atoms with Crippen LogP contribution in [0.25, 0.3) is 11.0 Å². The molecule has 0 unspecified atom stereocenters. The van der Waals surface area contributed by atoms with Crippen LogP contribution in [0.1, 0.15) is 15.4 Å². The van der Waals surface area contributed by atoms with Crippen molar-refractivity contribution >= 4 is 59.9 Å². The first-order valence-corrected chi connectivity index (χ1v) is 7.53. The van der Waals surface area contributed by atoms with E-state index in [-0.39, 0.29) is 5.78 Å². The van der Waals surface area contributed by atoms with Crippen molar-refractivity contribution in [3.63, 3.8) is 0 Å². The number of carbonyl (C=O) groups excluding carboxylic acids is 1. The van der Waals surface area contributed by atoms with Gasteiger partial charge in [0.2, 0.25) is 5.78 Å². The van der Waals surface area contributed by atoms with Crippen molar-refractivity contribution in [3.05, 3.63) is 55.3 Å². The summed E-state index contributed by atoms with van der Waals surface area (Å²) >= 11 is 8.14. The van der Waals surface area contributed by atoms with Crippen LogP contribution in [0.15, 0.2) is 49.1 Å². The normalized spacial score (nSPS) is 11.0. The second kappa shape index (κ2) is 4.64. The van der Waals surface area contributed by atoms with Gasteiger partial charge in [0.05, 0.1) is 8.66 Å². The summed E-state index contributed by atoms with van der Waals surface area (Å²) in [6.07, 6.45) is 0. The molecule has 2 aromatic heterocycles. The van der Waals surface area contributed by atoms with Gasteiger partial charge in [0.15, 0.2) is 5.76 Å². The van der Waals surface area contributed by atoms with E-state index in [1.54, 1.807) is 12.1 Å². The molecule has 3 aromatic rings. The third-order valence-electron chi connectivity index (χ3n) is 2.52. The minimum atomic E-state index is -0.0948. The molecular weight excluding hydrogens is 380 g/mol. The first-order valence-electron chi connectivity index (χ1n) is 5.13. The Morgan fingerprint density at radius 1 is 1.17 bits per heavy atom. The highest BCUT2D eigenvalue weighted by Crippen LogP contribution is 2.34. The van der Waals surface area contributed by atoms with E-state index in [2.05, 4.69) is 31.9 Å². The Hall–Kier alpha value is -0.910. The van der Waals surface area contributed by atoms with Gasteiger partial charge in [-0.15, -0.1) is 11.3 Å². The number of ketones is 1. The van der Waals surface area contributed by atoms with Crippen LogP contribution < -0.4 is 0 Å². The predicted molar refractivity (Wildman–Crippen MR) is 79.4 cm³/mol. The third kappa shape index (κ3) is 2.06. The zero-order valence-corrected chi connectivity index (χ0v) is 12.9. The lowest BCUT2D eigenvalue weighted by Gasteiger charge is -1.90. The molecule has 18 heavy (non-hydrogen) atoms. The molecule has 0 saturated heterocycles. The van der Waals surface area contributed by atoms with Gasteiger partial charge in [0.25, 0.3) is 0 Å². The number of carbonyl (C=O) groups is 1. The first kappa shape index (κ1) is 12.1. The highest BCUT2D eigenvalue weighted by Gasteiger charge is 2.18. The van der Waals surface area contributed by atoms with Gasteiger partial charge < -0.3 is 4.42 Å². The van der Waals surface area contributed by atoms with Crippen molar-refractivity contribution in [1.29, 1.82) is 0 Å². The number of halogens is 2. The van der Waals surface area contributed by atoms with E-state index in [0.717, 1.165) is 19.2 Å². The van der Waals surface area contributed by atoms with Crippen LogP contribution in [0, 0.1) is 0 Å². The van der Waals surface area contributed by atoms with Gasteiger partial charge in [0.1, 0.15) is 5.58 Å². The van der Waals surface area contributed by atoms with Crippen LogP contribution >= 0.6 is 43.2 Å². The number of benzene rings is 1. The first-order chi connectivity index (χ1) is 8.65. The van der Waals surface area contributed by atoms with Gasteiger partial charge in [-0.25, -0.2) is 0 Å². The number of rotatable bonds is 2. The van der Waals surface area contributed by atoms with Crippen LogP contribution in [0.3, 0.4) is 0 Å². The van der Waals surface area contributed by atoms with E-state index in [0.29, 0.717) is 10.6 Å². The van der Waals surface area contributed by atoms with E-state index in [9.17, 15) is 4.79 Å². The molecule has 0 aliphatic carbocycles. The van der Waals surface area contributed by atoms with Crippen molar-refractivity contribution in [3.8, 4) is 0 Å². The Balaban J connectivity index is 2.06. The van der Waals surface area contributed by atoms with Crippen LogP contribution in [0.5, 0.6) is 0 Å². The summed E-state index contributed by atoms with van der Waals surface area (Å²) in [6, 6.07) is 11.2. The van der Waals surface area contributed by atoms with Gasteiger partial charge in [-0.05, 0) is 50.1 Å². The van der Waals surface area contributed by atoms with Gasteiger partial charge in [-0.3, -0.25) is 4.79 Å². The van der Waals surface area contributed by atoms with Crippen LogP contribution in [-0.4, -0.2) is 5.78 Å². The van der Waals surface area contributed by atoms with E-state index in [1.165, 1.54) is 11.3 Å². The molecule has 0 fully saturated rings. The summed E-state index contributed by atoms with van der Waals surface area (Å²) < 4.78 is 7.35. The van der Waals surface area contributed by atoms with E-state index in [1.807, 2.05) is 24.3 Å². The molecule has 0 aliphatic heterocycles. The van der Waals surface area contributed by atoms with E-state index < -0.39 is 0 Å². The number of thiophene rings is 1. The smallest absolute Gasteiger partial charge is 0.238 e. The Labute approximate surface area is 124 Å². The lowest BCUT2D eigenvalue weighted by Crippen LogP contribution is -1.95. The summed E-state index contributed by atoms with van der Waals surface area (Å²) in [6.45, 7) is 0. The van der Waals surface area contributed by atoms with Crippen molar-refractivity contribution < 1.29 is 9.21 Å². The van der Waals surface area contributed by atoms with Crippen molar-refractivity contribution in [2.45, 2.75) is 0 Å². The average Bonchev–Trinajstić information content (AvgIpc) is 2.93. The highest BCUT2D eigenvalue weighted by atomic mass is 79.9. The largest absolute Gasteiger partial charge is 0.453 e. The molecule has 0 saturated carbocycles. The zero-order valence-electron chi connectivity index (χ0n) is 8.94. The maximum atomic E-state index is 12.3. The third-order valence-corrected chi connectivity index (χ3v) is 5.77. The molecular formula is C13H6Br2O2S. The number of fused-ring (bicyclic) bond motifs is 1. The SMILES string of the molecule is O=C(c1cc2ccccc2o1)c1cc(Br)c(Br)s1. The zero-order chi connectivity index (χ0) is 12.7. The highest BCUT2D eigenvalue weighted by molar-refractivity contribution is 9.13. The summed E-state index contributed by atoms with van der Waals surface area (Å²) in [5.74, 6) is 0.278. The Morgan fingerprint density at radius 2 is 1.94 bits per heavy atom. The molecule has 90 valence electrons. The van der Waals surface area contributed by atoms with Crippen molar-refractivity contribution in [1.82, 2.24) is 0 Å². The number of hydrogen-bond donors (Lipinski definition) is 0. The predicted octanol–water partition coefficient (Wildman–Crippen LogP) is 5.25. The Kier molecular flexibility index (Phi) is 3.13. The molecule has 1 aromatic carbocycles. The Bertz CT molecular complexity index is 690. The van der Waals surface area contributed by atoms with E-state index >= 15 is 0 Å². The second-order valence-corrected chi connectivity index (χ2v) is 6.93. The average molecular weight is 386 g/mol. The molecule has 5 heteroatoms. The maximum absolute atomic E-state index is 12.3. The molecule has 0 aliphatic rings. The minimum absolute atomic E-state index is 0.0948. The molecule has 3 rings (SSSR count). The fourth-order valence-corrected chi connectivity index (χ4v) is 3.65. The standard InChI is InChI=1S/C13H6Br2O2S/c14-8-6-11(18-13(8)15)12(16)10-5-7-3-1-2-4-9(7)17-10/h1-6H. The fourth-order valence-electron chi connectivity index (χ4n) is 1.67. The molecule has 0 amide bonds.